The van der Waals surface area contributed by atoms with Crippen LogP contribution in [-0.4, -0.2) is 79.1 Å². The zero-order valence-electron chi connectivity index (χ0n) is 18.5. The molecule has 0 atom stereocenters. The van der Waals surface area contributed by atoms with Crippen molar-refractivity contribution in [3.05, 3.63) is 35.4 Å². The van der Waals surface area contributed by atoms with E-state index in [0.717, 1.165) is 25.2 Å². The van der Waals surface area contributed by atoms with Gasteiger partial charge in [0.1, 0.15) is 5.60 Å². The van der Waals surface area contributed by atoms with Gasteiger partial charge in [0.15, 0.2) is 0 Å². The third kappa shape index (κ3) is 8.02. The Kier molecular flexibility index (Phi) is 8.65. The van der Waals surface area contributed by atoms with Crippen molar-refractivity contribution in [2.45, 2.75) is 39.7 Å². The van der Waals surface area contributed by atoms with E-state index in [4.69, 9.17) is 4.74 Å². The first kappa shape index (κ1) is 23.7. The number of hydrogen-bond donors (Lipinski definition) is 2. The van der Waals surface area contributed by atoms with Crippen LogP contribution in [0.2, 0.25) is 0 Å². The average molecular weight is 419 g/mol. The molecule has 0 bridgehead atoms. The quantitative estimate of drug-likeness (QED) is 0.704. The highest BCUT2D eigenvalue weighted by atomic mass is 16.6. The summed E-state index contributed by atoms with van der Waals surface area (Å²) >= 11 is 0. The van der Waals surface area contributed by atoms with Gasteiger partial charge in [-0.1, -0.05) is 18.2 Å². The minimum atomic E-state index is -0.488. The van der Waals surface area contributed by atoms with Gasteiger partial charge < -0.3 is 20.3 Å². The molecule has 1 aliphatic heterocycles. The summed E-state index contributed by atoms with van der Waals surface area (Å²) in [5.74, 6) is -0.253. The summed E-state index contributed by atoms with van der Waals surface area (Å²) in [4.78, 5) is 40.1. The molecule has 3 amide bonds. The SMILES string of the molecule is Cc1ccccc1C(=O)NCCC(=O)NCCN1CCN(C(=O)OC(C)(C)C)CC1. The molecule has 0 radical (unpaired) electrons. The van der Waals surface area contributed by atoms with Gasteiger partial charge in [-0.15, -0.1) is 0 Å². The largest absolute Gasteiger partial charge is 0.444 e. The van der Waals surface area contributed by atoms with Crippen LogP contribution in [-0.2, 0) is 9.53 Å². The predicted octanol–water partition coefficient (Wildman–Crippen LogP) is 1.78. The number of nitrogens with one attached hydrogen (secondary N) is 2. The van der Waals surface area contributed by atoms with Crippen molar-refractivity contribution in [1.82, 2.24) is 20.4 Å². The maximum atomic E-state index is 12.1. The molecule has 1 aromatic carbocycles. The minimum absolute atomic E-state index is 0.0903. The number of rotatable bonds is 7. The van der Waals surface area contributed by atoms with Gasteiger partial charge in [-0.3, -0.25) is 14.5 Å². The molecule has 30 heavy (non-hydrogen) atoms. The Balaban J connectivity index is 1.58. The number of nitrogens with zero attached hydrogens (tertiary/aromatic N) is 2. The number of piperazine rings is 1. The molecule has 1 heterocycles. The molecular formula is C22H34N4O4. The van der Waals surface area contributed by atoms with Gasteiger partial charge in [0, 0.05) is 57.8 Å². The number of benzene rings is 1. The fourth-order valence-electron chi connectivity index (χ4n) is 3.13. The standard InChI is InChI=1S/C22H34N4O4/c1-17-7-5-6-8-18(17)20(28)24-10-9-19(27)23-11-12-25-13-15-26(16-14-25)21(29)30-22(2,3)4/h5-8H,9-16H2,1-4H3,(H,23,27)(H,24,28). The Morgan fingerprint density at radius 2 is 1.67 bits per heavy atom. The van der Waals surface area contributed by atoms with Gasteiger partial charge in [0.2, 0.25) is 5.91 Å². The van der Waals surface area contributed by atoms with Crippen LogP contribution in [0.4, 0.5) is 4.79 Å². The highest BCUT2D eigenvalue weighted by Crippen LogP contribution is 2.11. The number of ether oxygens (including phenoxy) is 1. The van der Waals surface area contributed by atoms with Gasteiger partial charge >= 0.3 is 6.09 Å². The van der Waals surface area contributed by atoms with E-state index in [1.165, 1.54) is 0 Å². The lowest BCUT2D eigenvalue weighted by Gasteiger charge is -2.35. The van der Waals surface area contributed by atoms with E-state index in [2.05, 4.69) is 15.5 Å². The minimum Gasteiger partial charge on any atom is -0.444 e. The summed E-state index contributed by atoms with van der Waals surface area (Å²) in [7, 11) is 0. The first-order valence-electron chi connectivity index (χ1n) is 10.5. The smallest absolute Gasteiger partial charge is 0.410 e. The molecule has 0 aliphatic carbocycles. The second-order valence-electron chi connectivity index (χ2n) is 8.48. The van der Waals surface area contributed by atoms with Crippen LogP contribution < -0.4 is 10.6 Å². The average Bonchev–Trinajstić information content (AvgIpc) is 2.67. The van der Waals surface area contributed by atoms with Gasteiger partial charge in [-0.05, 0) is 39.3 Å². The van der Waals surface area contributed by atoms with Gasteiger partial charge in [0.05, 0.1) is 0 Å². The molecule has 1 fully saturated rings. The van der Waals surface area contributed by atoms with Crippen molar-refractivity contribution in [2.75, 3.05) is 45.8 Å². The summed E-state index contributed by atoms with van der Waals surface area (Å²) in [6.45, 7) is 11.8. The van der Waals surface area contributed by atoms with Gasteiger partial charge in [-0.2, -0.15) is 0 Å². The molecule has 1 aliphatic rings. The molecule has 0 saturated carbocycles. The third-order valence-corrected chi connectivity index (χ3v) is 4.80. The van der Waals surface area contributed by atoms with Crippen LogP contribution in [0, 0.1) is 6.92 Å². The van der Waals surface area contributed by atoms with Crippen molar-refractivity contribution in [3.63, 3.8) is 0 Å². The maximum absolute atomic E-state index is 12.1. The highest BCUT2D eigenvalue weighted by Gasteiger charge is 2.25. The molecule has 1 aromatic rings. The topological polar surface area (TPSA) is 91.0 Å². The lowest BCUT2D eigenvalue weighted by Crippen LogP contribution is -2.51. The Labute approximate surface area is 178 Å². The molecule has 1 saturated heterocycles. The molecule has 0 spiro atoms. The van der Waals surface area contributed by atoms with Crippen molar-refractivity contribution >= 4 is 17.9 Å². The molecule has 0 aromatic heterocycles. The summed E-state index contributed by atoms with van der Waals surface area (Å²) < 4.78 is 5.40. The predicted molar refractivity (Wildman–Crippen MR) is 115 cm³/mol. The molecule has 0 unspecified atom stereocenters. The van der Waals surface area contributed by atoms with Gasteiger partial charge in [-0.25, -0.2) is 4.79 Å². The number of amides is 3. The summed E-state index contributed by atoms with van der Waals surface area (Å²) in [6, 6.07) is 7.36. The third-order valence-electron chi connectivity index (χ3n) is 4.80. The van der Waals surface area contributed by atoms with Crippen LogP contribution in [0.25, 0.3) is 0 Å². The number of hydrogen-bond acceptors (Lipinski definition) is 5. The van der Waals surface area contributed by atoms with E-state index >= 15 is 0 Å². The van der Waals surface area contributed by atoms with E-state index in [1.807, 2.05) is 45.9 Å². The van der Waals surface area contributed by atoms with Crippen LogP contribution >= 0.6 is 0 Å². The van der Waals surface area contributed by atoms with E-state index in [0.29, 0.717) is 31.7 Å². The maximum Gasteiger partial charge on any atom is 0.410 e. The lowest BCUT2D eigenvalue weighted by molar-refractivity contribution is -0.121. The normalized spacial score (nSPS) is 14.9. The molecule has 2 rings (SSSR count). The van der Waals surface area contributed by atoms with Crippen LogP contribution in [0.1, 0.15) is 43.1 Å². The van der Waals surface area contributed by atoms with Crippen molar-refractivity contribution in [1.29, 1.82) is 0 Å². The second kappa shape index (κ2) is 11.0. The van der Waals surface area contributed by atoms with Crippen LogP contribution in [0.3, 0.4) is 0 Å². The Morgan fingerprint density at radius 3 is 2.30 bits per heavy atom. The fraction of sp³-hybridized carbons (Fsp3) is 0.591. The molecular weight excluding hydrogens is 384 g/mol. The summed E-state index contributed by atoms with van der Waals surface area (Å²) in [6.07, 6.45) is -0.0347. The zero-order valence-corrected chi connectivity index (χ0v) is 18.5. The van der Waals surface area contributed by atoms with Crippen molar-refractivity contribution in [3.8, 4) is 0 Å². The van der Waals surface area contributed by atoms with E-state index in [9.17, 15) is 14.4 Å². The number of carbonyl (C=O) groups excluding carboxylic acids is 3. The van der Waals surface area contributed by atoms with Crippen molar-refractivity contribution in [2.24, 2.45) is 0 Å². The summed E-state index contributed by atoms with van der Waals surface area (Å²) in [5, 5.41) is 5.67. The van der Waals surface area contributed by atoms with Crippen molar-refractivity contribution < 1.29 is 19.1 Å². The first-order chi connectivity index (χ1) is 14.2. The Morgan fingerprint density at radius 1 is 1.00 bits per heavy atom. The highest BCUT2D eigenvalue weighted by molar-refractivity contribution is 5.95. The second-order valence-corrected chi connectivity index (χ2v) is 8.48. The lowest BCUT2D eigenvalue weighted by atomic mass is 10.1. The number of carbonyl (C=O) groups is 3. The van der Waals surface area contributed by atoms with Crippen LogP contribution in [0.15, 0.2) is 24.3 Å². The monoisotopic (exact) mass is 418 g/mol. The van der Waals surface area contributed by atoms with E-state index < -0.39 is 5.60 Å². The Hall–Kier alpha value is -2.61. The molecule has 166 valence electrons. The molecule has 8 nitrogen and oxygen atoms in total. The van der Waals surface area contributed by atoms with Gasteiger partial charge in [0.25, 0.3) is 5.91 Å². The zero-order chi connectivity index (χ0) is 22.1. The van der Waals surface area contributed by atoms with E-state index in [1.54, 1.807) is 11.0 Å². The fourth-order valence-corrected chi connectivity index (χ4v) is 3.13. The first-order valence-corrected chi connectivity index (χ1v) is 10.5. The van der Waals surface area contributed by atoms with Crippen LogP contribution in [0.5, 0.6) is 0 Å². The Bertz CT molecular complexity index is 737. The molecule has 2 N–H and O–H groups in total. The van der Waals surface area contributed by atoms with E-state index in [-0.39, 0.29) is 24.3 Å². The number of aryl methyl sites for hydroxylation is 1. The molecule has 8 heteroatoms. The summed E-state index contributed by atoms with van der Waals surface area (Å²) in [5.41, 5.74) is 1.05.